The first kappa shape index (κ1) is 16.9. The number of carbonyl (C=O) groups is 1. The summed E-state index contributed by atoms with van der Waals surface area (Å²) >= 11 is 0. The normalized spacial score (nSPS) is 22.8. The minimum Gasteiger partial charge on any atom is -0.481 e. The van der Waals surface area contributed by atoms with Crippen molar-refractivity contribution in [2.45, 2.75) is 25.4 Å². The maximum Gasteiger partial charge on any atom is 0.307 e. The van der Waals surface area contributed by atoms with Gasteiger partial charge < -0.3 is 9.52 Å². The molecule has 1 aliphatic heterocycles. The van der Waals surface area contributed by atoms with Gasteiger partial charge in [-0.1, -0.05) is 6.92 Å². The van der Waals surface area contributed by atoms with Crippen LogP contribution in [0.5, 0.6) is 0 Å². The minimum atomic E-state index is -3.99. The van der Waals surface area contributed by atoms with Crippen LogP contribution in [0.1, 0.15) is 18.9 Å². The Hall–Kier alpha value is -1.93. The molecule has 2 heterocycles. The van der Waals surface area contributed by atoms with Crippen molar-refractivity contribution in [3.8, 4) is 0 Å². The lowest BCUT2D eigenvalue weighted by Gasteiger charge is -2.33. The predicted octanol–water partition coefficient (Wildman–Crippen LogP) is 2.61. The van der Waals surface area contributed by atoms with E-state index in [1.54, 1.807) is 6.92 Å². The summed E-state index contributed by atoms with van der Waals surface area (Å²) < 4.78 is 45.9. The zero-order valence-electron chi connectivity index (χ0n) is 13.3. The smallest absolute Gasteiger partial charge is 0.307 e. The van der Waals surface area contributed by atoms with Gasteiger partial charge in [0.15, 0.2) is 0 Å². The van der Waals surface area contributed by atoms with E-state index in [-0.39, 0.29) is 29.7 Å². The molecule has 130 valence electrons. The fraction of sp³-hybridized carbons (Fsp3) is 0.438. The summed E-state index contributed by atoms with van der Waals surface area (Å²) in [6.07, 6.45) is 0.436. The van der Waals surface area contributed by atoms with Crippen LogP contribution in [0.25, 0.3) is 11.0 Å². The molecule has 0 bridgehead atoms. The van der Waals surface area contributed by atoms with E-state index in [0.717, 1.165) is 4.31 Å². The molecule has 2 atom stereocenters. The van der Waals surface area contributed by atoms with Crippen LogP contribution in [0.15, 0.2) is 27.7 Å². The minimum absolute atomic E-state index is 0.0725. The quantitative estimate of drug-likeness (QED) is 0.914. The third-order valence-corrected chi connectivity index (χ3v) is 6.24. The van der Waals surface area contributed by atoms with Gasteiger partial charge in [-0.25, -0.2) is 12.8 Å². The Labute approximate surface area is 138 Å². The highest BCUT2D eigenvalue weighted by atomic mass is 32.2. The maximum absolute atomic E-state index is 13.4. The second-order valence-corrected chi connectivity index (χ2v) is 8.19. The topological polar surface area (TPSA) is 87.8 Å². The van der Waals surface area contributed by atoms with Crippen molar-refractivity contribution in [3.63, 3.8) is 0 Å². The standard InChI is InChI=1S/C16H18FNO5S/c1-9-5-11(15(19)20)8-18(7-9)24(21,22)16-10(2)13-6-12(17)3-4-14(13)23-16/h3-4,6,9,11H,5,7-8H2,1-2H3,(H,19,20). The van der Waals surface area contributed by atoms with Gasteiger partial charge in [0.25, 0.3) is 10.0 Å². The molecule has 1 N–H and O–H groups in total. The molecule has 0 radical (unpaired) electrons. The zero-order valence-corrected chi connectivity index (χ0v) is 14.1. The Bertz CT molecular complexity index is 905. The lowest BCUT2D eigenvalue weighted by Crippen LogP contribution is -2.45. The number of nitrogens with zero attached hydrogens (tertiary/aromatic N) is 1. The van der Waals surface area contributed by atoms with E-state index in [0.29, 0.717) is 17.4 Å². The van der Waals surface area contributed by atoms with E-state index >= 15 is 0 Å². The maximum atomic E-state index is 13.4. The number of halogens is 1. The van der Waals surface area contributed by atoms with E-state index in [4.69, 9.17) is 4.42 Å². The summed E-state index contributed by atoms with van der Waals surface area (Å²) in [5.74, 6) is -2.31. The third-order valence-electron chi connectivity index (χ3n) is 4.40. The molecule has 0 saturated carbocycles. The molecule has 6 nitrogen and oxygen atoms in total. The molecule has 1 fully saturated rings. The number of aryl methyl sites for hydroxylation is 1. The number of piperidine rings is 1. The Morgan fingerprint density at radius 3 is 2.75 bits per heavy atom. The number of rotatable bonds is 3. The molecular formula is C16H18FNO5S. The van der Waals surface area contributed by atoms with Gasteiger partial charge in [-0.2, -0.15) is 4.31 Å². The molecule has 1 aromatic carbocycles. The molecule has 24 heavy (non-hydrogen) atoms. The summed E-state index contributed by atoms with van der Waals surface area (Å²) in [7, 11) is -3.99. The summed E-state index contributed by atoms with van der Waals surface area (Å²) in [6.45, 7) is 3.52. The monoisotopic (exact) mass is 355 g/mol. The Morgan fingerprint density at radius 2 is 2.08 bits per heavy atom. The molecule has 0 aliphatic carbocycles. The van der Waals surface area contributed by atoms with Crippen molar-refractivity contribution in [2.24, 2.45) is 11.8 Å². The zero-order chi connectivity index (χ0) is 17.6. The average molecular weight is 355 g/mol. The van der Waals surface area contributed by atoms with Crippen molar-refractivity contribution in [1.82, 2.24) is 4.31 Å². The molecular weight excluding hydrogens is 337 g/mol. The van der Waals surface area contributed by atoms with Gasteiger partial charge in [0.05, 0.1) is 5.92 Å². The van der Waals surface area contributed by atoms with E-state index < -0.39 is 27.7 Å². The summed E-state index contributed by atoms with van der Waals surface area (Å²) in [5.41, 5.74) is 0.613. The summed E-state index contributed by atoms with van der Waals surface area (Å²) in [5, 5.41) is 9.37. The number of hydrogen-bond acceptors (Lipinski definition) is 4. The highest BCUT2D eigenvalue weighted by molar-refractivity contribution is 7.89. The number of aliphatic carboxylic acids is 1. The van der Waals surface area contributed by atoms with Crippen LogP contribution in [0.2, 0.25) is 0 Å². The third kappa shape index (κ3) is 2.80. The first-order chi connectivity index (χ1) is 11.2. The number of carboxylic acids is 1. The number of benzene rings is 1. The number of hydrogen-bond donors (Lipinski definition) is 1. The molecule has 1 saturated heterocycles. The van der Waals surface area contributed by atoms with Gasteiger partial charge in [0.2, 0.25) is 5.09 Å². The Kier molecular flexibility index (Phi) is 4.13. The SMILES string of the molecule is Cc1c(S(=O)(=O)N2CC(C)CC(C(=O)O)C2)oc2ccc(F)cc12. The molecule has 2 aromatic rings. The Morgan fingerprint density at radius 1 is 1.38 bits per heavy atom. The van der Waals surface area contributed by atoms with Crippen LogP contribution in [-0.4, -0.2) is 36.9 Å². The van der Waals surface area contributed by atoms with Crippen LogP contribution in [0.4, 0.5) is 4.39 Å². The molecule has 1 aromatic heterocycles. The highest BCUT2D eigenvalue weighted by Crippen LogP contribution is 2.33. The molecule has 1 aliphatic rings. The van der Waals surface area contributed by atoms with Crippen LogP contribution < -0.4 is 0 Å². The van der Waals surface area contributed by atoms with Crippen LogP contribution in [0.3, 0.4) is 0 Å². The van der Waals surface area contributed by atoms with E-state index in [1.807, 2.05) is 6.92 Å². The summed E-state index contributed by atoms with van der Waals surface area (Å²) in [4.78, 5) is 11.3. The van der Waals surface area contributed by atoms with Gasteiger partial charge in [0, 0.05) is 24.0 Å². The van der Waals surface area contributed by atoms with Gasteiger partial charge in [-0.15, -0.1) is 0 Å². The fourth-order valence-electron chi connectivity index (χ4n) is 3.21. The first-order valence-corrected chi connectivity index (χ1v) is 9.05. The van der Waals surface area contributed by atoms with Crippen LogP contribution in [-0.2, 0) is 14.8 Å². The van der Waals surface area contributed by atoms with Crippen LogP contribution >= 0.6 is 0 Å². The average Bonchev–Trinajstić information content (AvgIpc) is 2.84. The lowest BCUT2D eigenvalue weighted by atomic mass is 9.92. The van der Waals surface area contributed by atoms with Gasteiger partial charge in [-0.05, 0) is 37.5 Å². The molecule has 3 rings (SSSR count). The van der Waals surface area contributed by atoms with Gasteiger partial charge in [0.1, 0.15) is 11.4 Å². The van der Waals surface area contributed by atoms with Gasteiger partial charge in [-0.3, -0.25) is 4.79 Å². The van der Waals surface area contributed by atoms with E-state index in [2.05, 4.69) is 0 Å². The van der Waals surface area contributed by atoms with Crippen LogP contribution in [0, 0.1) is 24.6 Å². The largest absolute Gasteiger partial charge is 0.481 e. The fourth-order valence-corrected chi connectivity index (χ4v) is 4.97. The second kappa shape index (κ2) is 5.86. The van der Waals surface area contributed by atoms with E-state index in [1.165, 1.54) is 18.2 Å². The first-order valence-electron chi connectivity index (χ1n) is 7.61. The second-order valence-electron chi connectivity index (χ2n) is 6.35. The van der Waals surface area contributed by atoms with Crippen molar-refractivity contribution in [1.29, 1.82) is 0 Å². The van der Waals surface area contributed by atoms with E-state index in [9.17, 15) is 22.7 Å². The number of sulfonamides is 1. The van der Waals surface area contributed by atoms with Gasteiger partial charge >= 0.3 is 5.97 Å². The number of furan rings is 1. The predicted molar refractivity (Wildman–Crippen MR) is 84.6 cm³/mol. The molecule has 0 amide bonds. The Balaban J connectivity index is 2.04. The van der Waals surface area contributed by atoms with Crippen molar-refractivity contribution in [3.05, 3.63) is 29.6 Å². The molecule has 0 spiro atoms. The van der Waals surface area contributed by atoms with Crippen molar-refractivity contribution >= 4 is 27.0 Å². The molecule has 2 unspecified atom stereocenters. The number of carboxylic acid groups (broad SMARTS) is 1. The number of fused-ring (bicyclic) bond motifs is 1. The summed E-state index contributed by atoms with van der Waals surface area (Å²) in [6, 6.07) is 3.81. The lowest BCUT2D eigenvalue weighted by molar-refractivity contribution is -0.143. The van der Waals surface area contributed by atoms with Crippen molar-refractivity contribution in [2.75, 3.05) is 13.1 Å². The molecule has 8 heteroatoms. The highest BCUT2D eigenvalue weighted by Gasteiger charge is 2.38. The van der Waals surface area contributed by atoms with Crippen molar-refractivity contribution < 1.29 is 27.1 Å².